The normalized spacial score (nSPS) is 10.8. The van der Waals surface area contributed by atoms with Crippen molar-refractivity contribution in [1.82, 2.24) is 4.98 Å². The van der Waals surface area contributed by atoms with Gasteiger partial charge in [-0.1, -0.05) is 11.6 Å². The van der Waals surface area contributed by atoms with Crippen LogP contribution in [0.15, 0.2) is 18.2 Å². The maximum absolute atomic E-state index is 12.8. The summed E-state index contributed by atoms with van der Waals surface area (Å²) >= 11 is 6.06. The second kappa shape index (κ2) is 7.83. The molecule has 2 N–H and O–H groups in total. The number of carbonyl (C=O) groups is 2. The summed E-state index contributed by atoms with van der Waals surface area (Å²) in [5.74, 6) is -0.790. The molecule has 26 heavy (non-hydrogen) atoms. The zero-order valence-electron chi connectivity index (χ0n) is 15.9. The van der Waals surface area contributed by atoms with Crippen LogP contribution in [-0.2, 0) is 4.74 Å². The molecule has 2 aromatic rings. The van der Waals surface area contributed by atoms with Crippen LogP contribution in [0.1, 0.15) is 46.0 Å². The number of benzene rings is 1. The summed E-state index contributed by atoms with van der Waals surface area (Å²) in [4.78, 5) is 29.9. The molecule has 1 heterocycles. The van der Waals surface area contributed by atoms with Crippen molar-refractivity contribution in [2.45, 2.75) is 33.8 Å². The van der Waals surface area contributed by atoms with E-state index in [1.807, 2.05) is 25.1 Å². The first kappa shape index (κ1) is 19.8. The fraction of sp³-hybridized carbons (Fsp3) is 0.368. The molecule has 140 valence electrons. The van der Waals surface area contributed by atoms with Crippen molar-refractivity contribution in [1.29, 1.82) is 0 Å². The molecular formula is C19H24ClN3O3. The summed E-state index contributed by atoms with van der Waals surface area (Å²) in [6.45, 7) is 7.03. The lowest BCUT2D eigenvalue weighted by atomic mass is 10.1. The topological polar surface area (TPSA) is 74.4 Å². The molecule has 0 bridgehead atoms. The lowest BCUT2D eigenvalue weighted by molar-refractivity contribution is 0.0376. The van der Waals surface area contributed by atoms with Crippen molar-refractivity contribution in [2.24, 2.45) is 0 Å². The SMILES string of the molecule is Cc1[nH]c(C(=O)Nc2cc(Cl)ccc2N(C)C)c(C)c1C(=O)OC(C)C. The Labute approximate surface area is 158 Å². The highest BCUT2D eigenvalue weighted by atomic mass is 35.5. The molecule has 6 nitrogen and oxygen atoms in total. The number of hydrogen-bond donors (Lipinski definition) is 2. The Bertz CT molecular complexity index is 841. The third-order valence-corrected chi connectivity index (χ3v) is 4.14. The number of aromatic nitrogens is 1. The predicted molar refractivity (Wildman–Crippen MR) is 105 cm³/mol. The van der Waals surface area contributed by atoms with Crippen molar-refractivity contribution < 1.29 is 14.3 Å². The number of nitrogens with zero attached hydrogens (tertiary/aromatic N) is 1. The van der Waals surface area contributed by atoms with Crippen molar-refractivity contribution in [3.8, 4) is 0 Å². The maximum Gasteiger partial charge on any atom is 0.340 e. The lowest BCUT2D eigenvalue weighted by Crippen LogP contribution is -2.18. The second-order valence-electron chi connectivity index (χ2n) is 6.59. The van der Waals surface area contributed by atoms with Crippen LogP contribution >= 0.6 is 11.6 Å². The Hall–Kier alpha value is -2.47. The van der Waals surface area contributed by atoms with E-state index in [4.69, 9.17) is 16.3 Å². The zero-order chi connectivity index (χ0) is 19.6. The Balaban J connectivity index is 2.35. The number of esters is 1. The molecule has 0 aliphatic rings. The third-order valence-electron chi connectivity index (χ3n) is 3.90. The van der Waals surface area contributed by atoms with Gasteiger partial charge >= 0.3 is 5.97 Å². The number of nitrogens with one attached hydrogen (secondary N) is 2. The van der Waals surface area contributed by atoms with E-state index >= 15 is 0 Å². The Kier molecular flexibility index (Phi) is 5.97. The molecular weight excluding hydrogens is 354 g/mol. The molecule has 1 aromatic heterocycles. The van der Waals surface area contributed by atoms with Crippen molar-refractivity contribution >= 4 is 34.9 Å². The Morgan fingerprint density at radius 1 is 1.23 bits per heavy atom. The Morgan fingerprint density at radius 2 is 1.88 bits per heavy atom. The molecule has 1 amide bonds. The van der Waals surface area contributed by atoms with Gasteiger partial charge in [-0.25, -0.2) is 4.79 Å². The molecule has 0 spiro atoms. The highest BCUT2D eigenvalue weighted by Crippen LogP contribution is 2.29. The largest absolute Gasteiger partial charge is 0.459 e. The standard InChI is InChI=1S/C19H24ClN3O3/c1-10(2)26-19(25)16-11(3)17(21-12(16)4)18(24)22-14-9-13(20)7-8-15(14)23(5)6/h7-10,21H,1-6H3,(H,22,24). The van der Waals surface area contributed by atoms with E-state index in [0.717, 1.165) is 5.69 Å². The minimum absolute atomic E-state index is 0.234. The molecule has 0 atom stereocenters. The van der Waals surface area contributed by atoms with Crippen LogP contribution in [0.5, 0.6) is 0 Å². The van der Waals surface area contributed by atoms with Crippen LogP contribution < -0.4 is 10.2 Å². The first-order valence-electron chi connectivity index (χ1n) is 8.30. The number of ether oxygens (including phenoxy) is 1. The first-order valence-corrected chi connectivity index (χ1v) is 8.68. The molecule has 0 fully saturated rings. The number of aromatic amines is 1. The van der Waals surface area contributed by atoms with Gasteiger partial charge in [0.15, 0.2) is 0 Å². The summed E-state index contributed by atoms with van der Waals surface area (Å²) in [7, 11) is 3.76. The lowest BCUT2D eigenvalue weighted by Gasteiger charge is -2.18. The fourth-order valence-corrected chi connectivity index (χ4v) is 2.91. The summed E-state index contributed by atoms with van der Waals surface area (Å²) in [6, 6.07) is 5.28. The number of hydrogen-bond acceptors (Lipinski definition) is 4. The van der Waals surface area contributed by atoms with E-state index in [0.29, 0.717) is 33.2 Å². The summed E-state index contributed by atoms with van der Waals surface area (Å²) in [5.41, 5.74) is 3.27. The van der Waals surface area contributed by atoms with Gasteiger partial charge in [0.1, 0.15) is 5.69 Å². The number of H-pyrrole nitrogens is 1. The van der Waals surface area contributed by atoms with Gasteiger partial charge < -0.3 is 19.9 Å². The van der Waals surface area contributed by atoms with E-state index in [9.17, 15) is 9.59 Å². The third kappa shape index (κ3) is 4.19. The van der Waals surface area contributed by atoms with E-state index < -0.39 is 5.97 Å². The van der Waals surface area contributed by atoms with Crippen LogP contribution in [0.2, 0.25) is 5.02 Å². The number of carbonyl (C=O) groups excluding carboxylic acids is 2. The zero-order valence-corrected chi connectivity index (χ0v) is 16.6. The monoisotopic (exact) mass is 377 g/mol. The predicted octanol–water partition coefficient (Wildman–Crippen LogP) is 4.17. The molecule has 0 saturated heterocycles. The van der Waals surface area contributed by atoms with Gasteiger partial charge in [0.2, 0.25) is 0 Å². The van der Waals surface area contributed by atoms with Crippen LogP contribution in [0.4, 0.5) is 11.4 Å². The first-order chi connectivity index (χ1) is 12.1. The molecule has 0 aliphatic carbocycles. The van der Waals surface area contributed by atoms with Crippen LogP contribution in [-0.4, -0.2) is 37.1 Å². The van der Waals surface area contributed by atoms with Gasteiger partial charge in [0, 0.05) is 24.8 Å². The number of aryl methyl sites for hydroxylation is 1. The van der Waals surface area contributed by atoms with Gasteiger partial charge in [-0.05, 0) is 51.5 Å². The summed E-state index contributed by atoms with van der Waals surface area (Å²) < 4.78 is 5.26. The number of halogens is 1. The average Bonchev–Trinajstić information content (AvgIpc) is 2.81. The van der Waals surface area contributed by atoms with E-state index in [2.05, 4.69) is 10.3 Å². The van der Waals surface area contributed by atoms with E-state index in [-0.39, 0.29) is 12.0 Å². The highest BCUT2D eigenvalue weighted by Gasteiger charge is 2.24. The Morgan fingerprint density at radius 3 is 2.46 bits per heavy atom. The van der Waals surface area contributed by atoms with Gasteiger partial charge in [-0.2, -0.15) is 0 Å². The minimum atomic E-state index is -0.443. The number of amides is 1. The second-order valence-corrected chi connectivity index (χ2v) is 7.03. The summed E-state index contributed by atoms with van der Waals surface area (Å²) in [6.07, 6.45) is -0.234. The van der Waals surface area contributed by atoms with E-state index in [1.54, 1.807) is 39.8 Å². The highest BCUT2D eigenvalue weighted by molar-refractivity contribution is 6.31. The van der Waals surface area contributed by atoms with Crippen molar-refractivity contribution in [2.75, 3.05) is 24.3 Å². The minimum Gasteiger partial charge on any atom is -0.459 e. The molecule has 0 radical (unpaired) electrons. The maximum atomic E-state index is 12.8. The van der Waals surface area contributed by atoms with Gasteiger partial charge in [-0.3, -0.25) is 4.79 Å². The van der Waals surface area contributed by atoms with Gasteiger partial charge in [-0.15, -0.1) is 0 Å². The molecule has 0 aliphatic heterocycles. The van der Waals surface area contributed by atoms with Crippen LogP contribution in [0.3, 0.4) is 0 Å². The van der Waals surface area contributed by atoms with Gasteiger partial charge in [0.05, 0.1) is 23.0 Å². The quantitative estimate of drug-likeness (QED) is 0.767. The van der Waals surface area contributed by atoms with E-state index in [1.165, 1.54) is 0 Å². The molecule has 1 aromatic carbocycles. The molecule has 0 saturated carbocycles. The van der Waals surface area contributed by atoms with Crippen LogP contribution in [0, 0.1) is 13.8 Å². The number of anilines is 2. The average molecular weight is 378 g/mol. The summed E-state index contributed by atoms with van der Waals surface area (Å²) in [5, 5.41) is 3.38. The fourth-order valence-electron chi connectivity index (χ4n) is 2.74. The smallest absolute Gasteiger partial charge is 0.340 e. The number of rotatable bonds is 5. The molecule has 0 unspecified atom stereocenters. The van der Waals surface area contributed by atoms with Crippen molar-refractivity contribution in [3.05, 3.63) is 45.7 Å². The van der Waals surface area contributed by atoms with Gasteiger partial charge in [0.25, 0.3) is 5.91 Å². The van der Waals surface area contributed by atoms with Crippen LogP contribution in [0.25, 0.3) is 0 Å². The molecule has 2 rings (SSSR count). The van der Waals surface area contributed by atoms with Crippen molar-refractivity contribution in [3.63, 3.8) is 0 Å². The molecule has 7 heteroatoms.